The Bertz CT molecular complexity index is 1190. The summed E-state index contributed by atoms with van der Waals surface area (Å²) in [4.78, 5) is 25.3. The third kappa shape index (κ3) is 4.62. The maximum atomic E-state index is 12.8. The largest absolute Gasteiger partial charge is 0.507 e. The minimum absolute atomic E-state index is 0.00179. The van der Waals surface area contributed by atoms with E-state index in [4.69, 9.17) is 0 Å². The van der Waals surface area contributed by atoms with Crippen molar-refractivity contribution in [2.45, 2.75) is 57.4 Å². The van der Waals surface area contributed by atoms with Crippen LogP contribution in [0.15, 0.2) is 48.5 Å². The van der Waals surface area contributed by atoms with Gasteiger partial charge < -0.3 is 15.7 Å². The molecule has 2 aliphatic rings. The molecule has 7 nitrogen and oxygen atoms in total. The molecule has 0 unspecified atom stereocenters. The number of amides is 2. The molecule has 3 aromatic rings. The van der Waals surface area contributed by atoms with Crippen molar-refractivity contribution < 1.29 is 14.7 Å². The Hall–Kier alpha value is -3.61. The van der Waals surface area contributed by atoms with Crippen LogP contribution in [-0.4, -0.2) is 32.9 Å². The number of carbonyl (C=O) groups excluding carboxylic acids is 2. The minimum Gasteiger partial charge on any atom is -0.507 e. The fraction of sp³-hybridized carbons (Fsp3) is 0.346. The molecule has 2 fully saturated rings. The van der Waals surface area contributed by atoms with Crippen LogP contribution < -0.4 is 10.6 Å². The predicted octanol–water partition coefficient (Wildman–Crippen LogP) is 5.19. The van der Waals surface area contributed by atoms with Crippen molar-refractivity contribution in [3.05, 3.63) is 65.4 Å². The van der Waals surface area contributed by atoms with Crippen LogP contribution in [0.1, 0.15) is 66.1 Å². The van der Waals surface area contributed by atoms with Gasteiger partial charge in [-0.25, -0.2) is 4.79 Å². The second kappa shape index (κ2) is 8.73. The van der Waals surface area contributed by atoms with Gasteiger partial charge in [-0.1, -0.05) is 30.5 Å². The molecule has 0 spiro atoms. The fourth-order valence-electron chi connectivity index (χ4n) is 4.40. The standard InChI is InChI=1S/C26H28N4O3/c1-16-6-8-18(9-7-16)25(32)27-20-12-13-21(24(31)14-20)22-15-23(17-4-2-3-5-17)30(29-22)26(33)28-19-10-11-19/h6-9,12-15,17,19,31H,2-5,10-11H2,1H3,(H,27,32)(H,28,33). The lowest BCUT2D eigenvalue weighted by atomic mass is 10.0. The summed E-state index contributed by atoms with van der Waals surface area (Å²) in [6.45, 7) is 1.97. The number of carbonyl (C=O) groups is 2. The van der Waals surface area contributed by atoms with Gasteiger partial charge in [0.05, 0.1) is 11.4 Å². The van der Waals surface area contributed by atoms with Gasteiger partial charge in [0.15, 0.2) is 0 Å². The number of aryl methyl sites for hydroxylation is 1. The summed E-state index contributed by atoms with van der Waals surface area (Å²) in [7, 11) is 0. The van der Waals surface area contributed by atoms with E-state index in [-0.39, 0.29) is 23.7 Å². The fourth-order valence-corrected chi connectivity index (χ4v) is 4.40. The van der Waals surface area contributed by atoms with Crippen molar-refractivity contribution in [3.8, 4) is 17.0 Å². The van der Waals surface area contributed by atoms with Crippen molar-refractivity contribution in [1.82, 2.24) is 15.1 Å². The lowest BCUT2D eigenvalue weighted by molar-refractivity contribution is 0.102. The Morgan fingerprint density at radius 2 is 1.73 bits per heavy atom. The van der Waals surface area contributed by atoms with E-state index in [1.165, 1.54) is 10.7 Å². The van der Waals surface area contributed by atoms with Crippen LogP contribution in [0.3, 0.4) is 0 Å². The Balaban J connectivity index is 1.39. The van der Waals surface area contributed by atoms with Gasteiger partial charge in [-0.2, -0.15) is 9.78 Å². The molecule has 33 heavy (non-hydrogen) atoms. The first-order valence-corrected chi connectivity index (χ1v) is 11.6. The third-order valence-corrected chi connectivity index (χ3v) is 6.45. The quantitative estimate of drug-likeness (QED) is 0.504. The van der Waals surface area contributed by atoms with E-state index < -0.39 is 0 Å². The maximum absolute atomic E-state index is 12.8. The summed E-state index contributed by atoms with van der Waals surface area (Å²) in [5.74, 6) is 0.0556. The van der Waals surface area contributed by atoms with Gasteiger partial charge in [-0.3, -0.25) is 4.79 Å². The number of rotatable bonds is 5. The summed E-state index contributed by atoms with van der Waals surface area (Å²) in [5.41, 5.74) is 4.10. The van der Waals surface area contributed by atoms with E-state index >= 15 is 0 Å². The molecular formula is C26H28N4O3. The average Bonchev–Trinajstić information content (AvgIpc) is 3.25. The van der Waals surface area contributed by atoms with Gasteiger partial charge in [0.25, 0.3) is 5.91 Å². The van der Waals surface area contributed by atoms with Gasteiger partial charge in [0.2, 0.25) is 0 Å². The third-order valence-electron chi connectivity index (χ3n) is 6.45. The SMILES string of the molecule is Cc1ccc(C(=O)Nc2ccc(-c3cc(C4CCCC4)n(C(=O)NC4CC4)n3)c(O)c2)cc1. The molecule has 1 aromatic heterocycles. The number of aromatic hydroxyl groups is 1. The molecule has 0 bridgehead atoms. The highest BCUT2D eigenvalue weighted by Gasteiger charge is 2.29. The number of anilines is 1. The number of benzene rings is 2. The summed E-state index contributed by atoms with van der Waals surface area (Å²) in [6, 6.07) is 14.2. The summed E-state index contributed by atoms with van der Waals surface area (Å²) >= 11 is 0. The van der Waals surface area contributed by atoms with Crippen LogP contribution in [0.25, 0.3) is 11.3 Å². The lowest BCUT2D eigenvalue weighted by Gasteiger charge is -2.11. The first-order valence-electron chi connectivity index (χ1n) is 11.6. The molecule has 2 aliphatic carbocycles. The number of phenolic OH excluding ortho intramolecular Hbond substituents is 1. The number of aromatic nitrogens is 2. The first kappa shape index (κ1) is 21.2. The molecule has 1 heterocycles. The number of nitrogens with zero attached hydrogens (tertiary/aromatic N) is 2. The maximum Gasteiger partial charge on any atom is 0.342 e. The molecular weight excluding hydrogens is 416 g/mol. The molecule has 5 rings (SSSR count). The van der Waals surface area contributed by atoms with Crippen molar-refractivity contribution in [1.29, 1.82) is 0 Å². The molecule has 3 N–H and O–H groups in total. The second-order valence-corrected chi connectivity index (χ2v) is 9.12. The molecule has 0 saturated heterocycles. The van der Waals surface area contributed by atoms with E-state index in [0.29, 0.717) is 28.4 Å². The summed E-state index contributed by atoms with van der Waals surface area (Å²) < 4.78 is 1.48. The molecule has 7 heteroatoms. The van der Waals surface area contributed by atoms with E-state index in [1.807, 2.05) is 25.1 Å². The van der Waals surface area contributed by atoms with Gasteiger partial charge >= 0.3 is 6.03 Å². The van der Waals surface area contributed by atoms with E-state index in [1.54, 1.807) is 24.3 Å². The molecule has 2 amide bonds. The molecule has 2 aromatic carbocycles. The van der Waals surface area contributed by atoms with Crippen LogP contribution in [-0.2, 0) is 0 Å². The van der Waals surface area contributed by atoms with Crippen molar-refractivity contribution in [2.24, 2.45) is 0 Å². The molecule has 0 radical (unpaired) electrons. The molecule has 2 saturated carbocycles. The highest BCUT2D eigenvalue weighted by atomic mass is 16.3. The van der Waals surface area contributed by atoms with Crippen LogP contribution >= 0.6 is 0 Å². The molecule has 170 valence electrons. The van der Waals surface area contributed by atoms with Crippen molar-refractivity contribution in [2.75, 3.05) is 5.32 Å². The van der Waals surface area contributed by atoms with Crippen molar-refractivity contribution in [3.63, 3.8) is 0 Å². The van der Waals surface area contributed by atoms with Gasteiger partial charge in [0.1, 0.15) is 5.75 Å². The highest BCUT2D eigenvalue weighted by molar-refractivity contribution is 6.04. The lowest BCUT2D eigenvalue weighted by Crippen LogP contribution is -2.32. The van der Waals surface area contributed by atoms with Crippen LogP contribution in [0, 0.1) is 6.92 Å². The second-order valence-electron chi connectivity index (χ2n) is 9.12. The molecule has 0 aliphatic heterocycles. The minimum atomic E-state index is -0.244. The highest BCUT2D eigenvalue weighted by Crippen LogP contribution is 2.38. The van der Waals surface area contributed by atoms with Gasteiger partial charge in [0, 0.05) is 34.8 Å². The Morgan fingerprint density at radius 3 is 2.39 bits per heavy atom. The number of hydrogen-bond acceptors (Lipinski definition) is 4. The Labute approximate surface area is 192 Å². The summed E-state index contributed by atoms with van der Waals surface area (Å²) in [6.07, 6.45) is 6.39. The smallest absolute Gasteiger partial charge is 0.342 e. The zero-order valence-corrected chi connectivity index (χ0v) is 18.7. The van der Waals surface area contributed by atoms with Crippen LogP contribution in [0.5, 0.6) is 5.75 Å². The van der Waals surface area contributed by atoms with Gasteiger partial charge in [-0.15, -0.1) is 0 Å². The topological polar surface area (TPSA) is 96.3 Å². The zero-order valence-electron chi connectivity index (χ0n) is 18.7. The monoisotopic (exact) mass is 444 g/mol. The van der Waals surface area contributed by atoms with E-state index in [0.717, 1.165) is 49.8 Å². The normalized spacial score (nSPS) is 16.0. The van der Waals surface area contributed by atoms with Crippen LogP contribution in [0.2, 0.25) is 0 Å². The summed E-state index contributed by atoms with van der Waals surface area (Å²) in [5, 5.41) is 21.1. The van der Waals surface area contributed by atoms with E-state index in [9.17, 15) is 14.7 Å². The van der Waals surface area contributed by atoms with Crippen molar-refractivity contribution >= 4 is 17.6 Å². The zero-order chi connectivity index (χ0) is 22.9. The Morgan fingerprint density at radius 1 is 1.00 bits per heavy atom. The first-order chi connectivity index (χ1) is 16.0. The number of nitrogens with one attached hydrogen (secondary N) is 2. The predicted molar refractivity (Wildman–Crippen MR) is 127 cm³/mol. The average molecular weight is 445 g/mol. The Kier molecular flexibility index (Phi) is 5.62. The number of hydrogen-bond donors (Lipinski definition) is 3. The molecule has 0 atom stereocenters. The van der Waals surface area contributed by atoms with E-state index in [2.05, 4.69) is 15.7 Å². The number of phenols is 1. The van der Waals surface area contributed by atoms with Gasteiger partial charge in [-0.05, 0) is 62.9 Å². The van der Waals surface area contributed by atoms with Crippen LogP contribution in [0.4, 0.5) is 10.5 Å².